The summed E-state index contributed by atoms with van der Waals surface area (Å²) in [4.78, 5) is 0. The van der Waals surface area contributed by atoms with E-state index < -0.39 is 4.44 Å². The van der Waals surface area contributed by atoms with Crippen LogP contribution in [0.15, 0.2) is 0 Å². The van der Waals surface area contributed by atoms with Crippen LogP contribution in [0.1, 0.15) is 32.6 Å². The Morgan fingerprint density at radius 3 is 2.38 bits per heavy atom. The van der Waals surface area contributed by atoms with E-state index in [2.05, 4.69) is 29.7 Å². The van der Waals surface area contributed by atoms with Crippen molar-refractivity contribution in [3.63, 3.8) is 0 Å². The van der Waals surface area contributed by atoms with Crippen LogP contribution in [0.2, 0.25) is 0 Å². The van der Waals surface area contributed by atoms with E-state index in [1.165, 1.54) is 37.2 Å². The van der Waals surface area contributed by atoms with Crippen molar-refractivity contribution in [3.8, 4) is 0 Å². The molecule has 4 heteroatoms. The summed E-state index contributed by atoms with van der Waals surface area (Å²) in [6.07, 6.45) is 5.75. The first-order valence-electron chi connectivity index (χ1n) is 5.11. The predicted octanol–water partition coefficient (Wildman–Crippen LogP) is 4.35. The van der Waals surface area contributed by atoms with E-state index in [1.807, 2.05) is 0 Å². The highest BCUT2D eigenvalue weighted by molar-refractivity contribution is 9.02. The minimum atomic E-state index is -1.03. The zero-order valence-corrected chi connectivity index (χ0v) is 11.4. The van der Waals surface area contributed by atoms with Gasteiger partial charge in [-0.05, 0) is 12.3 Å². The molecule has 1 aliphatic carbocycles. The number of hydrogen-bond donors (Lipinski definition) is 0. The summed E-state index contributed by atoms with van der Waals surface area (Å²) in [7, 11) is 0. The van der Waals surface area contributed by atoms with Crippen LogP contribution in [0.5, 0.6) is 0 Å². The Morgan fingerprint density at radius 2 is 1.77 bits per heavy atom. The molecule has 1 heterocycles. The lowest BCUT2D eigenvalue weighted by Gasteiger charge is -2.34. The quantitative estimate of drug-likeness (QED) is 0.637. The molecule has 0 aromatic rings. The van der Waals surface area contributed by atoms with Gasteiger partial charge in [0, 0.05) is 17.2 Å². The van der Waals surface area contributed by atoms with E-state index in [1.54, 1.807) is 0 Å². The highest BCUT2D eigenvalue weighted by atomic mass is 33.2. The third-order valence-electron chi connectivity index (χ3n) is 3.10. The molecule has 1 aliphatic heterocycles. The van der Waals surface area contributed by atoms with Crippen molar-refractivity contribution in [2.24, 2.45) is 5.92 Å². The normalized spacial score (nSPS) is 39.2. The van der Waals surface area contributed by atoms with E-state index in [-0.39, 0.29) is 0 Å². The Hall–Kier alpha value is 1.35. The molecule has 0 bridgehead atoms. The molecular formula is C9H17PS3. The van der Waals surface area contributed by atoms with E-state index in [9.17, 15) is 0 Å². The molecule has 0 N–H and O–H groups in total. The van der Waals surface area contributed by atoms with Crippen LogP contribution in [-0.2, 0) is 11.8 Å². The topological polar surface area (TPSA) is 0 Å². The standard InChI is InChI=1S/C9H17PS3/c1-8-4-2-3-5-9(8)10(11)12-6-7-13-10/h8-9H,2-7H2,1H3. The maximum absolute atomic E-state index is 5.90. The molecular weight excluding hydrogens is 235 g/mol. The van der Waals surface area contributed by atoms with E-state index in [0.29, 0.717) is 0 Å². The Balaban J connectivity index is 2.09. The summed E-state index contributed by atoms with van der Waals surface area (Å²) >= 11 is 10.2. The first kappa shape index (κ1) is 10.9. The zero-order chi connectivity index (χ0) is 9.31. The van der Waals surface area contributed by atoms with E-state index in [0.717, 1.165) is 11.6 Å². The van der Waals surface area contributed by atoms with E-state index in [4.69, 9.17) is 11.8 Å². The fraction of sp³-hybridized carbons (Fsp3) is 1.00. The van der Waals surface area contributed by atoms with Gasteiger partial charge in [0.25, 0.3) is 0 Å². The molecule has 2 aliphatic rings. The van der Waals surface area contributed by atoms with Crippen molar-refractivity contribution in [2.75, 3.05) is 11.5 Å². The second kappa shape index (κ2) is 4.47. The fourth-order valence-corrected chi connectivity index (χ4v) is 15.6. The van der Waals surface area contributed by atoms with Crippen LogP contribution in [0.25, 0.3) is 0 Å². The molecule has 0 amide bonds. The summed E-state index contributed by atoms with van der Waals surface area (Å²) in [6.45, 7) is 2.43. The third-order valence-corrected chi connectivity index (χ3v) is 15.9. The second-order valence-electron chi connectivity index (χ2n) is 4.04. The lowest BCUT2D eigenvalue weighted by molar-refractivity contribution is 0.396. The van der Waals surface area contributed by atoms with Crippen molar-refractivity contribution in [1.29, 1.82) is 0 Å². The molecule has 0 aromatic heterocycles. The third kappa shape index (κ3) is 2.30. The monoisotopic (exact) mass is 252 g/mol. The molecule has 13 heavy (non-hydrogen) atoms. The fourth-order valence-electron chi connectivity index (χ4n) is 2.32. The molecule has 2 rings (SSSR count). The molecule has 0 aromatic carbocycles. The smallest absolute Gasteiger partial charge is 0.0604 e. The second-order valence-corrected chi connectivity index (χ2v) is 15.9. The number of hydrogen-bond acceptors (Lipinski definition) is 3. The lowest BCUT2D eigenvalue weighted by atomic mass is 9.90. The van der Waals surface area contributed by atoms with Gasteiger partial charge in [-0.15, -0.1) is 22.8 Å². The Bertz CT molecular complexity index is 219. The highest BCUT2D eigenvalue weighted by Crippen LogP contribution is 2.78. The van der Waals surface area contributed by atoms with Gasteiger partial charge in [-0.1, -0.05) is 38.0 Å². The molecule has 2 unspecified atom stereocenters. The molecule has 76 valence electrons. The molecule has 1 saturated heterocycles. The maximum atomic E-state index is 5.90. The Labute approximate surface area is 94.5 Å². The van der Waals surface area contributed by atoms with Gasteiger partial charge < -0.3 is 0 Å². The van der Waals surface area contributed by atoms with Gasteiger partial charge in [-0.3, -0.25) is 0 Å². The van der Waals surface area contributed by atoms with Crippen LogP contribution in [0.4, 0.5) is 0 Å². The van der Waals surface area contributed by atoms with Crippen molar-refractivity contribution in [1.82, 2.24) is 0 Å². The van der Waals surface area contributed by atoms with Crippen LogP contribution in [-0.4, -0.2) is 17.2 Å². The van der Waals surface area contributed by atoms with Crippen molar-refractivity contribution < 1.29 is 0 Å². The lowest BCUT2D eigenvalue weighted by Crippen LogP contribution is -2.20. The Kier molecular flexibility index (Phi) is 3.73. The van der Waals surface area contributed by atoms with Gasteiger partial charge in [-0.25, -0.2) is 0 Å². The van der Waals surface area contributed by atoms with Crippen LogP contribution < -0.4 is 0 Å². The summed E-state index contributed by atoms with van der Waals surface area (Å²) in [6, 6.07) is 0. The Morgan fingerprint density at radius 1 is 1.15 bits per heavy atom. The zero-order valence-electron chi connectivity index (χ0n) is 8.07. The van der Waals surface area contributed by atoms with Crippen LogP contribution in [0.3, 0.4) is 0 Å². The number of rotatable bonds is 1. The van der Waals surface area contributed by atoms with Crippen molar-refractivity contribution in [3.05, 3.63) is 0 Å². The van der Waals surface area contributed by atoms with Gasteiger partial charge in [0.05, 0.1) is 4.44 Å². The van der Waals surface area contributed by atoms with Crippen LogP contribution >= 0.6 is 27.2 Å². The van der Waals surface area contributed by atoms with Gasteiger partial charge in [-0.2, -0.15) is 0 Å². The average molecular weight is 252 g/mol. The highest BCUT2D eigenvalue weighted by Gasteiger charge is 2.37. The summed E-state index contributed by atoms with van der Waals surface area (Å²) in [5.74, 6) is 3.56. The summed E-state index contributed by atoms with van der Waals surface area (Å²) < 4.78 is -1.03. The van der Waals surface area contributed by atoms with Crippen molar-refractivity contribution >= 4 is 39.0 Å². The molecule has 0 spiro atoms. The summed E-state index contributed by atoms with van der Waals surface area (Å²) in [5.41, 5.74) is 0.911. The molecule has 0 radical (unpaired) electrons. The first-order chi connectivity index (χ1) is 6.22. The van der Waals surface area contributed by atoms with E-state index >= 15 is 0 Å². The van der Waals surface area contributed by atoms with Gasteiger partial charge in [0.15, 0.2) is 0 Å². The first-order valence-corrected chi connectivity index (χ1v) is 11.2. The van der Waals surface area contributed by atoms with Gasteiger partial charge in [0.1, 0.15) is 0 Å². The van der Waals surface area contributed by atoms with Crippen LogP contribution in [0, 0.1) is 5.92 Å². The summed E-state index contributed by atoms with van der Waals surface area (Å²) in [5, 5.41) is 0. The SMILES string of the molecule is CC1CCCCC1P1(=S)SCCS1. The molecule has 1 saturated carbocycles. The molecule has 2 atom stereocenters. The predicted molar refractivity (Wildman–Crippen MR) is 70.6 cm³/mol. The minimum Gasteiger partial charge on any atom is -0.113 e. The van der Waals surface area contributed by atoms with Gasteiger partial charge >= 0.3 is 0 Å². The molecule has 2 fully saturated rings. The largest absolute Gasteiger partial charge is 0.113 e. The van der Waals surface area contributed by atoms with Crippen molar-refractivity contribution in [2.45, 2.75) is 38.3 Å². The molecule has 0 nitrogen and oxygen atoms in total. The average Bonchev–Trinajstić information content (AvgIpc) is 2.54. The van der Waals surface area contributed by atoms with Gasteiger partial charge in [0.2, 0.25) is 0 Å². The minimum absolute atomic E-state index is 0.911. The maximum Gasteiger partial charge on any atom is 0.0604 e.